The van der Waals surface area contributed by atoms with Crippen LogP contribution in [0.25, 0.3) is 11.0 Å². The molecule has 3 rings (SSSR count). The van der Waals surface area contributed by atoms with Crippen LogP contribution in [0.15, 0.2) is 6.20 Å². The quantitative estimate of drug-likeness (QED) is 0.435. The van der Waals surface area contributed by atoms with Gasteiger partial charge in [-0.1, -0.05) is 18.5 Å². The normalized spacial score (nSPS) is 25.4. The Kier molecular flexibility index (Phi) is 5.31. The van der Waals surface area contributed by atoms with Gasteiger partial charge >= 0.3 is 11.9 Å². The van der Waals surface area contributed by atoms with Gasteiger partial charge in [0.05, 0.1) is 11.6 Å². The van der Waals surface area contributed by atoms with Crippen molar-refractivity contribution < 1.29 is 23.8 Å². The lowest BCUT2D eigenvalue weighted by Crippen LogP contribution is -2.38. The standard InChI is InChI=1S/C15H16Cl2N4O5/c1-4-9-10(24-6(2)22)11(25-7(3)23)14(26-9)21-13-8(5-18-21)12(16)19-15(17)20-13/h5,9-11,14H,4H2,1-3H3/t9-,10?,11+,14-/m1/s1. The Labute approximate surface area is 158 Å². The van der Waals surface area contributed by atoms with Crippen molar-refractivity contribution in [1.82, 2.24) is 19.7 Å². The summed E-state index contributed by atoms with van der Waals surface area (Å²) in [6, 6.07) is 0. The molecule has 3 heterocycles. The van der Waals surface area contributed by atoms with Crippen molar-refractivity contribution in [2.45, 2.75) is 51.7 Å². The number of aromatic nitrogens is 4. The molecule has 0 spiro atoms. The van der Waals surface area contributed by atoms with Gasteiger partial charge in [-0.3, -0.25) is 9.59 Å². The smallest absolute Gasteiger partial charge is 0.303 e. The third-order valence-corrected chi connectivity index (χ3v) is 4.37. The van der Waals surface area contributed by atoms with Crippen LogP contribution < -0.4 is 0 Å². The summed E-state index contributed by atoms with van der Waals surface area (Å²) in [5, 5.41) is 4.77. The number of fused-ring (bicyclic) bond motifs is 1. The molecule has 9 nitrogen and oxygen atoms in total. The number of nitrogens with zero attached hydrogens (tertiary/aromatic N) is 4. The fourth-order valence-corrected chi connectivity index (χ4v) is 3.36. The zero-order chi connectivity index (χ0) is 19.0. The van der Waals surface area contributed by atoms with Crippen LogP contribution in [0.4, 0.5) is 0 Å². The molecule has 0 aromatic carbocycles. The van der Waals surface area contributed by atoms with Crippen molar-refractivity contribution in [2.75, 3.05) is 0 Å². The maximum Gasteiger partial charge on any atom is 0.303 e. The van der Waals surface area contributed by atoms with Crippen molar-refractivity contribution in [3.8, 4) is 0 Å². The molecule has 140 valence electrons. The average Bonchev–Trinajstić information content (AvgIpc) is 3.09. The summed E-state index contributed by atoms with van der Waals surface area (Å²) in [7, 11) is 0. The highest BCUT2D eigenvalue weighted by Crippen LogP contribution is 2.37. The molecule has 0 radical (unpaired) electrons. The van der Waals surface area contributed by atoms with Crippen LogP contribution in [-0.2, 0) is 23.8 Å². The molecule has 4 atom stereocenters. The van der Waals surface area contributed by atoms with E-state index in [1.807, 2.05) is 6.92 Å². The van der Waals surface area contributed by atoms with Gasteiger partial charge in [-0.25, -0.2) is 9.67 Å². The lowest BCUT2D eigenvalue weighted by molar-refractivity contribution is -0.165. The van der Waals surface area contributed by atoms with Crippen LogP contribution in [-0.4, -0.2) is 50.0 Å². The highest BCUT2D eigenvalue weighted by atomic mass is 35.5. The Balaban J connectivity index is 2.07. The predicted molar refractivity (Wildman–Crippen MR) is 90.7 cm³/mol. The van der Waals surface area contributed by atoms with E-state index in [4.69, 9.17) is 37.4 Å². The van der Waals surface area contributed by atoms with Crippen LogP contribution >= 0.6 is 23.2 Å². The predicted octanol–water partition coefficient (Wildman–Crippen LogP) is 2.30. The molecular formula is C15H16Cl2N4O5. The van der Waals surface area contributed by atoms with Crippen molar-refractivity contribution in [2.24, 2.45) is 0 Å². The third-order valence-electron chi connectivity index (χ3n) is 3.91. The Morgan fingerprint density at radius 1 is 1.19 bits per heavy atom. The molecule has 26 heavy (non-hydrogen) atoms. The number of esters is 2. The number of carbonyl (C=O) groups excluding carboxylic acids is 2. The first-order valence-corrected chi connectivity index (χ1v) is 8.63. The van der Waals surface area contributed by atoms with E-state index < -0.39 is 36.5 Å². The highest BCUT2D eigenvalue weighted by molar-refractivity contribution is 6.35. The third kappa shape index (κ3) is 3.46. The zero-order valence-electron chi connectivity index (χ0n) is 14.2. The summed E-state index contributed by atoms with van der Waals surface area (Å²) < 4.78 is 18.1. The fourth-order valence-electron chi connectivity index (χ4n) is 2.94. The van der Waals surface area contributed by atoms with Crippen LogP contribution in [0.1, 0.15) is 33.4 Å². The van der Waals surface area contributed by atoms with E-state index in [1.54, 1.807) is 0 Å². The molecular weight excluding hydrogens is 387 g/mol. The van der Waals surface area contributed by atoms with E-state index in [0.717, 1.165) is 0 Å². The zero-order valence-corrected chi connectivity index (χ0v) is 15.7. The summed E-state index contributed by atoms with van der Waals surface area (Å²) in [4.78, 5) is 31.1. The molecule has 2 aromatic rings. The van der Waals surface area contributed by atoms with E-state index in [1.165, 1.54) is 24.7 Å². The van der Waals surface area contributed by atoms with Gasteiger partial charge in [0.1, 0.15) is 11.3 Å². The van der Waals surface area contributed by atoms with Gasteiger partial charge in [0.2, 0.25) is 5.28 Å². The monoisotopic (exact) mass is 402 g/mol. The van der Waals surface area contributed by atoms with Crippen LogP contribution in [0, 0.1) is 0 Å². The Morgan fingerprint density at radius 2 is 1.85 bits per heavy atom. The summed E-state index contributed by atoms with van der Waals surface area (Å²) in [5.74, 6) is -1.05. The van der Waals surface area contributed by atoms with Crippen molar-refractivity contribution in [3.63, 3.8) is 0 Å². The number of rotatable bonds is 4. The molecule has 0 N–H and O–H groups in total. The topological polar surface area (TPSA) is 105 Å². The first-order valence-electron chi connectivity index (χ1n) is 7.88. The summed E-state index contributed by atoms with van der Waals surface area (Å²) >= 11 is 12.0. The van der Waals surface area contributed by atoms with Crippen molar-refractivity contribution in [1.29, 1.82) is 0 Å². The molecule has 1 saturated heterocycles. The molecule has 0 amide bonds. The number of carbonyl (C=O) groups is 2. The molecule has 1 aliphatic heterocycles. The van der Waals surface area contributed by atoms with Gasteiger partial charge in [-0.15, -0.1) is 0 Å². The number of hydrogen-bond donors (Lipinski definition) is 0. The molecule has 0 bridgehead atoms. The van der Waals surface area contributed by atoms with Crippen molar-refractivity contribution >= 4 is 46.2 Å². The lowest BCUT2D eigenvalue weighted by Gasteiger charge is -2.23. The van der Waals surface area contributed by atoms with Crippen LogP contribution in [0.2, 0.25) is 10.4 Å². The second kappa shape index (κ2) is 7.34. The maximum atomic E-state index is 11.6. The number of halogens is 2. The molecule has 0 saturated carbocycles. The van der Waals surface area contributed by atoms with Gasteiger partial charge in [0.25, 0.3) is 0 Å². The Hall–Kier alpha value is -1.97. The second-order valence-corrected chi connectivity index (χ2v) is 6.43. The lowest BCUT2D eigenvalue weighted by atomic mass is 10.1. The van der Waals surface area contributed by atoms with Gasteiger partial charge in [0, 0.05) is 13.8 Å². The van der Waals surface area contributed by atoms with Gasteiger partial charge < -0.3 is 14.2 Å². The molecule has 2 aromatic heterocycles. The van der Waals surface area contributed by atoms with E-state index in [9.17, 15) is 9.59 Å². The highest BCUT2D eigenvalue weighted by Gasteiger charge is 2.50. The SMILES string of the molecule is CC[C@H]1O[C@@H](n2ncc3c(Cl)nc(Cl)nc32)[C@@H](OC(C)=O)C1OC(C)=O. The minimum absolute atomic E-state index is 0.0603. The van der Waals surface area contributed by atoms with E-state index in [2.05, 4.69) is 15.1 Å². The van der Waals surface area contributed by atoms with E-state index >= 15 is 0 Å². The summed E-state index contributed by atoms with van der Waals surface area (Å²) in [5.41, 5.74) is 0.315. The Morgan fingerprint density at radius 3 is 2.46 bits per heavy atom. The first kappa shape index (κ1) is 18.8. The van der Waals surface area contributed by atoms with E-state index in [-0.39, 0.29) is 10.4 Å². The number of hydrogen-bond acceptors (Lipinski definition) is 8. The molecule has 11 heteroatoms. The first-order chi connectivity index (χ1) is 12.3. The van der Waals surface area contributed by atoms with Gasteiger partial charge in [-0.2, -0.15) is 10.1 Å². The van der Waals surface area contributed by atoms with E-state index in [0.29, 0.717) is 17.5 Å². The molecule has 1 aliphatic rings. The van der Waals surface area contributed by atoms with Crippen LogP contribution in [0.3, 0.4) is 0 Å². The molecule has 1 fully saturated rings. The summed E-state index contributed by atoms with van der Waals surface area (Å²) in [6.07, 6.45) is -1.05. The Bertz CT molecular complexity index is 858. The number of ether oxygens (including phenoxy) is 3. The van der Waals surface area contributed by atoms with Gasteiger partial charge in [-0.05, 0) is 18.0 Å². The fraction of sp³-hybridized carbons (Fsp3) is 0.533. The van der Waals surface area contributed by atoms with Crippen LogP contribution in [0.5, 0.6) is 0 Å². The minimum Gasteiger partial charge on any atom is -0.456 e. The largest absolute Gasteiger partial charge is 0.456 e. The second-order valence-electron chi connectivity index (χ2n) is 5.73. The molecule has 0 aliphatic carbocycles. The molecule has 1 unspecified atom stereocenters. The summed E-state index contributed by atoms with van der Waals surface area (Å²) in [6.45, 7) is 4.41. The minimum atomic E-state index is -0.906. The average molecular weight is 403 g/mol. The van der Waals surface area contributed by atoms with Gasteiger partial charge in [0.15, 0.2) is 24.1 Å². The maximum absolute atomic E-state index is 11.6. The van der Waals surface area contributed by atoms with Crippen molar-refractivity contribution in [3.05, 3.63) is 16.6 Å².